The van der Waals surface area contributed by atoms with Crippen LogP contribution in [0, 0.1) is 0 Å². The number of benzene rings is 9. The molecule has 1 aromatic heterocycles. The molecule has 2 aliphatic rings. The zero-order valence-electron chi connectivity index (χ0n) is 34.9. The van der Waals surface area contributed by atoms with Crippen LogP contribution in [-0.2, 0) is 5.41 Å². The van der Waals surface area contributed by atoms with Crippen LogP contribution in [0.4, 0.5) is 17.1 Å². The number of hydrogen-bond donors (Lipinski definition) is 0. The van der Waals surface area contributed by atoms with Gasteiger partial charge in [0, 0.05) is 33.5 Å². The number of allylic oxidation sites excluding steroid dienone is 4. The van der Waals surface area contributed by atoms with Gasteiger partial charge in [0.1, 0.15) is 0 Å². The zero-order chi connectivity index (χ0) is 41.7. The lowest BCUT2D eigenvalue weighted by Gasteiger charge is -2.36. The lowest BCUT2D eigenvalue weighted by molar-refractivity contribution is 0.751. The highest BCUT2D eigenvalue weighted by molar-refractivity contribution is 6.10. The highest BCUT2D eigenvalue weighted by Crippen LogP contribution is 2.58. The average molecular weight is 805 g/mol. The fraction of sp³-hybridized carbons (Fsp3) is 0.0492. The molecule has 2 aliphatic carbocycles. The highest BCUT2D eigenvalue weighted by atomic mass is 15.1. The minimum Gasteiger partial charge on any atom is -0.310 e. The Hall–Kier alpha value is -7.94. The summed E-state index contributed by atoms with van der Waals surface area (Å²) in [5.74, 6) is 0. The Bertz CT molecular complexity index is 3390. The van der Waals surface area contributed by atoms with Gasteiger partial charge in [-0.15, -0.1) is 0 Å². The molecular weight excluding hydrogens is 761 g/mol. The minimum atomic E-state index is -0.440. The minimum absolute atomic E-state index is 0.440. The smallest absolute Gasteiger partial charge is 0.0711 e. The standard InChI is InChI=1S/C61H44N2/c1-5-22-47(23-6-1)61(48-24-7-2-8-25-48)57-33-15-13-31-53(57)54-37-36-52(42-58(54)61)62(49-26-9-3-10-27-49)51-30-18-21-45(40-51)43-19-17-20-44(39-43)46-35-38-60-56(41-46)55-32-14-16-34-59(55)63(60)50-28-11-4-12-29-50/h1,3-7,9-42H,2,8H2. The second kappa shape index (κ2) is 15.2. The lowest BCUT2D eigenvalue weighted by Crippen LogP contribution is -2.29. The maximum Gasteiger partial charge on any atom is 0.0711 e. The van der Waals surface area contributed by atoms with Crippen molar-refractivity contribution in [2.75, 3.05) is 4.90 Å². The van der Waals surface area contributed by atoms with Crippen molar-refractivity contribution in [1.29, 1.82) is 0 Å². The number of nitrogens with zero attached hydrogens (tertiary/aromatic N) is 2. The molecule has 0 saturated carbocycles. The number of aromatic nitrogens is 1. The Morgan fingerprint density at radius 3 is 1.81 bits per heavy atom. The fourth-order valence-corrected chi connectivity index (χ4v) is 10.5. The van der Waals surface area contributed by atoms with Crippen LogP contribution in [0.1, 0.15) is 29.5 Å². The van der Waals surface area contributed by atoms with Gasteiger partial charge in [0.05, 0.1) is 16.4 Å². The Morgan fingerprint density at radius 1 is 0.397 bits per heavy atom. The van der Waals surface area contributed by atoms with E-state index in [1.807, 2.05) is 0 Å². The van der Waals surface area contributed by atoms with Gasteiger partial charge in [-0.25, -0.2) is 0 Å². The SMILES string of the molecule is C1=CC(C2(c3ccccc3)c3ccccc3-c3ccc(N(c4ccccc4)c4cccc(-c5cccc(-c6ccc7c(c6)c6ccccc6n7-c6ccccc6)c5)c4)cc32)=CCC1. The average Bonchev–Trinajstić information content (AvgIpc) is 3.85. The van der Waals surface area contributed by atoms with Crippen molar-refractivity contribution in [2.24, 2.45) is 0 Å². The summed E-state index contributed by atoms with van der Waals surface area (Å²) in [7, 11) is 0. The Morgan fingerprint density at radius 2 is 1.02 bits per heavy atom. The van der Waals surface area contributed by atoms with E-state index in [1.54, 1.807) is 0 Å². The van der Waals surface area contributed by atoms with E-state index in [0.717, 1.165) is 29.9 Å². The van der Waals surface area contributed by atoms with Crippen LogP contribution in [0.3, 0.4) is 0 Å². The van der Waals surface area contributed by atoms with E-state index in [1.165, 1.54) is 83.1 Å². The van der Waals surface area contributed by atoms with Crippen molar-refractivity contribution in [3.63, 3.8) is 0 Å². The Balaban J connectivity index is 0.978. The van der Waals surface area contributed by atoms with E-state index in [4.69, 9.17) is 0 Å². The molecule has 2 heteroatoms. The molecule has 0 saturated heterocycles. The van der Waals surface area contributed by atoms with Gasteiger partial charge in [-0.1, -0.05) is 170 Å². The third-order valence-electron chi connectivity index (χ3n) is 13.3. The van der Waals surface area contributed by atoms with Crippen molar-refractivity contribution >= 4 is 38.9 Å². The molecule has 0 aliphatic heterocycles. The zero-order valence-corrected chi connectivity index (χ0v) is 34.9. The predicted molar refractivity (Wildman–Crippen MR) is 265 cm³/mol. The van der Waals surface area contributed by atoms with Gasteiger partial charge in [0.2, 0.25) is 0 Å². The third-order valence-corrected chi connectivity index (χ3v) is 13.3. The molecule has 1 unspecified atom stereocenters. The highest BCUT2D eigenvalue weighted by Gasteiger charge is 2.47. The van der Waals surface area contributed by atoms with Crippen molar-refractivity contribution in [3.05, 3.63) is 265 Å². The summed E-state index contributed by atoms with van der Waals surface area (Å²) in [5.41, 5.74) is 19.1. The van der Waals surface area contributed by atoms with E-state index in [0.29, 0.717) is 0 Å². The van der Waals surface area contributed by atoms with E-state index in [-0.39, 0.29) is 0 Å². The summed E-state index contributed by atoms with van der Waals surface area (Å²) in [4.78, 5) is 2.42. The van der Waals surface area contributed by atoms with Gasteiger partial charge in [0.25, 0.3) is 0 Å². The first-order valence-corrected chi connectivity index (χ1v) is 22.1. The third kappa shape index (κ3) is 6.02. The van der Waals surface area contributed by atoms with Gasteiger partial charge >= 0.3 is 0 Å². The van der Waals surface area contributed by atoms with Gasteiger partial charge < -0.3 is 9.47 Å². The van der Waals surface area contributed by atoms with Crippen molar-refractivity contribution in [1.82, 2.24) is 4.57 Å². The monoisotopic (exact) mass is 804 g/mol. The first-order valence-electron chi connectivity index (χ1n) is 22.1. The van der Waals surface area contributed by atoms with Gasteiger partial charge in [0.15, 0.2) is 0 Å². The summed E-state index contributed by atoms with van der Waals surface area (Å²) in [6.45, 7) is 0. The molecule has 0 fully saturated rings. The van der Waals surface area contributed by atoms with Gasteiger partial charge in [-0.05, 0) is 141 Å². The summed E-state index contributed by atoms with van der Waals surface area (Å²) in [6, 6.07) is 82.5. The van der Waals surface area contributed by atoms with Gasteiger partial charge in [-0.2, -0.15) is 0 Å². The fourth-order valence-electron chi connectivity index (χ4n) is 10.5. The summed E-state index contributed by atoms with van der Waals surface area (Å²) in [5, 5.41) is 2.51. The Labute approximate surface area is 369 Å². The number of fused-ring (bicyclic) bond motifs is 6. The van der Waals surface area contributed by atoms with Crippen LogP contribution in [-0.4, -0.2) is 4.57 Å². The van der Waals surface area contributed by atoms with Crippen LogP contribution < -0.4 is 4.90 Å². The quantitative estimate of drug-likeness (QED) is 0.149. The lowest BCUT2D eigenvalue weighted by atomic mass is 9.66. The number of hydrogen-bond acceptors (Lipinski definition) is 1. The molecular formula is C61H44N2. The van der Waals surface area contributed by atoms with Crippen molar-refractivity contribution in [3.8, 4) is 39.1 Å². The summed E-state index contributed by atoms with van der Waals surface area (Å²) < 4.78 is 2.38. The topological polar surface area (TPSA) is 8.17 Å². The van der Waals surface area contributed by atoms with Crippen LogP contribution in [0.2, 0.25) is 0 Å². The summed E-state index contributed by atoms with van der Waals surface area (Å²) >= 11 is 0. The number of para-hydroxylation sites is 3. The summed E-state index contributed by atoms with van der Waals surface area (Å²) in [6.07, 6.45) is 9.31. The van der Waals surface area contributed by atoms with Crippen LogP contribution >= 0.6 is 0 Å². The molecule has 2 nitrogen and oxygen atoms in total. The predicted octanol–water partition coefficient (Wildman–Crippen LogP) is 16.2. The Kier molecular flexibility index (Phi) is 8.90. The number of rotatable bonds is 8. The molecule has 298 valence electrons. The van der Waals surface area contributed by atoms with E-state index < -0.39 is 5.41 Å². The second-order valence-electron chi connectivity index (χ2n) is 16.8. The second-order valence-corrected chi connectivity index (χ2v) is 16.8. The van der Waals surface area contributed by atoms with Gasteiger partial charge in [-0.3, -0.25) is 0 Å². The molecule has 9 aromatic carbocycles. The maximum absolute atomic E-state index is 2.47. The van der Waals surface area contributed by atoms with Crippen molar-refractivity contribution < 1.29 is 0 Å². The normalized spacial score (nSPS) is 15.3. The maximum atomic E-state index is 2.47. The molecule has 0 amide bonds. The van der Waals surface area contributed by atoms with Crippen LogP contribution in [0.15, 0.2) is 248 Å². The van der Waals surface area contributed by atoms with E-state index in [2.05, 4.69) is 252 Å². The van der Waals surface area contributed by atoms with E-state index >= 15 is 0 Å². The van der Waals surface area contributed by atoms with Crippen molar-refractivity contribution in [2.45, 2.75) is 18.3 Å². The molecule has 12 rings (SSSR count). The van der Waals surface area contributed by atoms with Crippen LogP contribution in [0.5, 0.6) is 0 Å². The molecule has 0 radical (unpaired) electrons. The number of anilines is 3. The largest absolute Gasteiger partial charge is 0.310 e. The molecule has 63 heavy (non-hydrogen) atoms. The van der Waals surface area contributed by atoms with Crippen LogP contribution in [0.25, 0.3) is 60.9 Å². The van der Waals surface area contributed by atoms with E-state index in [9.17, 15) is 0 Å². The first kappa shape index (κ1) is 36.9. The first-order chi connectivity index (χ1) is 31.3. The molecule has 1 heterocycles. The molecule has 0 spiro atoms. The molecule has 0 N–H and O–H groups in total. The molecule has 0 bridgehead atoms. The molecule has 10 aromatic rings. The molecule has 1 atom stereocenters.